The molecule has 4 nitrogen and oxygen atoms in total. The normalized spacial score (nSPS) is 10.1. The van der Waals surface area contributed by atoms with Crippen molar-refractivity contribution in [2.45, 2.75) is 0 Å². The second-order valence-corrected chi connectivity index (χ2v) is 4.02. The van der Waals surface area contributed by atoms with Crippen molar-refractivity contribution in [3.63, 3.8) is 0 Å². The highest BCUT2D eigenvalue weighted by Crippen LogP contribution is 2.12. The van der Waals surface area contributed by atoms with Crippen LogP contribution in [0.25, 0.3) is 0 Å². The second kappa shape index (κ2) is 5.85. The van der Waals surface area contributed by atoms with Crippen LogP contribution in [0.5, 0.6) is 0 Å². The summed E-state index contributed by atoms with van der Waals surface area (Å²) in [5.41, 5.74) is 0.642. The van der Waals surface area contributed by atoms with Crippen LogP contribution in [-0.4, -0.2) is 31.0 Å². The lowest BCUT2D eigenvalue weighted by Gasteiger charge is -2.16. The smallest absolute Gasteiger partial charge is 0.253 e. The summed E-state index contributed by atoms with van der Waals surface area (Å²) in [4.78, 5) is 17.8. The summed E-state index contributed by atoms with van der Waals surface area (Å²) < 4.78 is 0.886. The van der Waals surface area contributed by atoms with E-state index in [0.29, 0.717) is 18.7 Å². The highest BCUT2D eigenvalue weighted by Gasteiger charge is 2.10. The maximum absolute atomic E-state index is 11.8. The van der Waals surface area contributed by atoms with Gasteiger partial charge in [-0.1, -0.05) is 22.0 Å². The first-order valence-corrected chi connectivity index (χ1v) is 5.27. The number of rotatable bonds is 4. The van der Waals surface area contributed by atoms with Crippen LogP contribution in [-0.2, 0) is 4.84 Å². The van der Waals surface area contributed by atoms with E-state index in [0.717, 1.165) is 4.47 Å². The molecule has 5 heteroatoms. The van der Waals surface area contributed by atoms with Crippen molar-refractivity contribution in [2.75, 3.05) is 20.2 Å². The van der Waals surface area contributed by atoms with Crippen molar-refractivity contribution >= 4 is 21.8 Å². The molecule has 0 heterocycles. The fourth-order valence-corrected chi connectivity index (χ4v) is 1.53. The Morgan fingerprint density at radius 1 is 1.60 bits per heavy atom. The van der Waals surface area contributed by atoms with E-state index in [1.807, 2.05) is 12.1 Å². The van der Waals surface area contributed by atoms with Crippen molar-refractivity contribution < 1.29 is 9.63 Å². The van der Waals surface area contributed by atoms with Crippen molar-refractivity contribution in [1.82, 2.24) is 4.90 Å². The van der Waals surface area contributed by atoms with E-state index in [4.69, 9.17) is 5.90 Å². The van der Waals surface area contributed by atoms with Crippen LogP contribution in [0, 0.1) is 0 Å². The fourth-order valence-electron chi connectivity index (χ4n) is 1.13. The Morgan fingerprint density at radius 3 is 2.93 bits per heavy atom. The lowest BCUT2D eigenvalue weighted by molar-refractivity contribution is 0.0697. The molecule has 0 aliphatic carbocycles. The summed E-state index contributed by atoms with van der Waals surface area (Å²) in [5.74, 6) is 4.85. The van der Waals surface area contributed by atoms with Crippen LogP contribution in [0.2, 0.25) is 0 Å². The van der Waals surface area contributed by atoms with Gasteiger partial charge in [-0.3, -0.25) is 4.79 Å². The van der Waals surface area contributed by atoms with Gasteiger partial charge >= 0.3 is 0 Å². The van der Waals surface area contributed by atoms with Crippen molar-refractivity contribution in [1.29, 1.82) is 0 Å². The quantitative estimate of drug-likeness (QED) is 0.844. The molecule has 0 saturated carbocycles. The van der Waals surface area contributed by atoms with Crippen molar-refractivity contribution in [3.8, 4) is 0 Å². The maximum atomic E-state index is 11.8. The molecule has 82 valence electrons. The molecule has 0 unspecified atom stereocenters. The molecule has 0 atom stereocenters. The zero-order chi connectivity index (χ0) is 11.3. The zero-order valence-electron chi connectivity index (χ0n) is 8.44. The fraction of sp³-hybridized carbons (Fsp3) is 0.300. The van der Waals surface area contributed by atoms with Gasteiger partial charge in [0.05, 0.1) is 6.61 Å². The van der Waals surface area contributed by atoms with E-state index in [1.54, 1.807) is 24.1 Å². The summed E-state index contributed by atoms with van der Waals surface area (Å²) >= 11 is 3.32. The Balaban J connectivity index is 2.67. The molecule has 1 aromatic carbocycles. The van der Waals surface area contributed by atoms with Gasteiger partial charge in [-0.25, -0.2) is 5.90 Å². The van der Waals surface area contributed by atoms with Crippen LogP contribution in [0.4, 0.5) is 0 Å². The van der Waals surface area contributed by atoms with Gasteiger partial charge in [-0.15, -0.1) is 0 Å². The Morgan fingerprint density at radius 2 is 2.33 bits per heavy atom. The van der Waals surface area contributed by atoms with Crippen molar-refractivity contribution in [2.24, 2.45) is 5.90 Å². The maximum Gasteiger partial charge on any atom is 0.253 e. The molecule has 2 N–H and O–H groups in total. The molecule has 15 heavy (non-hydrogen) atoms. The van der Waals surface area contributed by atoms with Crippen LogP contribution in [0.3, 0.4) is 0 Å². The first-order valence-electron chi connectivity index (χ1n) is 4.48. The van der Waals surface area contributed by atoms with E-state index >= 15 is 0 Å². The van der Waals surface area contributed by atoms with Gasteiger partial charge in [0.25, 0.3) is 5.91 Å². The third kappa shape index (κ3) is 3.62. The molecule has 0 aromatic heterocycles. The van der Waals surface area contributed by atoms with E-state index < -0.39 is 0 Å². The van der Waals surface area contributed by atoms with E-state index in [-0.39, 0.29) is 5.91 Å². The number of likely N-dealkylation sites (N-methyl/N-ethyl adjacent to an activating group) is 1. The van der Waals surface area contributed by atoms with Crippen molar-refractivity contribution in [3.05, 3.63) is 34.3 Å². The number of halogens is 1. The highest BCUT2D eigenvalue weighted by molar-refractivity contribution is 9.10. The molecule has 0 fully saturated rings. The van der Waals surface area contributed by atoms with Gasteiger partial charge < -0.3 is 9.74 Å². The van der Waals surface area contributed by atoms with Gasteiger partial charge in [0.2, 0.25) is 0 Å². The summed E-state index contributed by atoms with van der Waals surface area (Å²) in [5, 5.41) is 0. The van der Waals surface area contributed by atoms with Crippen LogP contribution < -0.4 is 5.90 Å². The number of benzene rings is 1. The van der Waals surface area contributed by atoms with E-state index in [2.05, 4.69) is 20.8 Å². The number of hydrogen-bond donors (Lipinski definition) is 1. The molecule has 0 bridgehead atoms. The Bertz CT molecular complexity index is 344. The standard InChI is InChI=1S/C10H13BrN2O2/c1-13(5-6-15-12)10(14)8-3-2-4-9(11)7-8/h2-4,7H,5-6,12H2,1H3. The molecule has 1 amide bonds. The number of carbonyl (C=O) groups is 1. The van der Waals surface area contributed by atoms with E-state index in [1.165, 1.54) is 0 Å². The van der Waals surface area contributed by atoms with E-state index in [9.17, 15) is 4.79 Å². The third-order valence-corrected chi connectivity index (χ3v) is 2.46. The Kier molecular flexibility index (Phi) is 4.74. The number of nitrogens with two attached hydrogens (primary N) is 1. The summed E-state index contributed by atoms with van der Waals surface area (Å²) in [6, 6.07) is 7.25. The van der Waals surface area contributed by atoms with Gasteiger partial charge in [-0.05, 0) is 18.2 Å². The number of hydrogen-bond acceptors (Lipinski definition) is 3. The largest absolute Gasteiger partial charge is 0.339 e. The predicted molar refractivity (Wildman–Crippen MR) is 61.2 cm³/mol. The molecule has 1 aromatic rings. The molecule has 0 radical (unpaired) electrons. The number of amides is 1. The summed E-state index contributed by atoms with van der Waals surface area (Å²) in [6.45, 7) is 0.804. The van der Waals surface area contributed by atoms with Gasteiger partial charge in [-0.2, -0.15) is 0 Å². The molecule has 0 saturated heterocycles. The first-order chi connectivity index (χ1) is 7.15. The van der Waals surface area contributed by atoms with Crippen LogP contribution in [0.15, 0.2) is 28.7 Å². The molecular formula is C10H13BrN2O2. The minimum Gasteiger partial charge on any atom is -0.339 e. The van der Waals surface area contributed by atoms with Gasteiger partial charge in [0.15, 0.2) is 0 Å². The average molecular weight is 273 g/mol. The first kappa shape index (κ1) is 12.2. The second-order valence-electron chi connectivity index (χ2n) is 3.11. The topological polar surface area (TPSA) is 55.6 Å². The average Bonchev–Trinajstić information content (AvgIpc) is 2.24. The number of carbonyl (C=O) groups excluding carboxylic acids is 1. The highest BCUT2D eigenvalue weighted by atomic mass is 79.9. The predicted octanol–water partition coefficient (Wildman–Crippen LogP) is 1.41. The molecule has 0 aliphatic heterocycles. The van der Waals surface area contributed by atoms with Gasteiger partial charge in [0, 0.05) is 23.6 Å². The molecular weight excluding hydrogens is 260 g/mol. The SMILES string of the molecule is CN(CCON)C(=O)c1cccc(Br)c1. The lowest BCUT2D eigenvalue weighted by Crippen LogP contribution is -2.30. The minimum atomic E-state index is -0.0478. The molecule has 1 rings (SSSR count). The zero-order valence-corrected chi connectivity index (χ0v) is 10.0. The summed E-state index contributed by atoms with van der Waals surface area (Å²) in [7, 11) is 1.71. The molecule has 0 aliphatic rings. The Hall–Kier alpha value is -0.910. The minimum absolute atomic E-state index is 0.0478. The Labute approximate surface area is 97.1 Å². The van der Waals surface area contributed by atoms with Crippen LogP contribution >= 0.6 is 15.9 Å². The number of nitrogens with zero attached hydrogens (tertiary/aromatic N) is 1. The summed E-state index contributed by atoms with van der Waals surface area (Å²) in [6.07, 6.45) is 0. The van der Waals surface area contributed by atoms with Crippen LogP contribution in [0.1, 0.15) is 10.4 Å². The van der Waals surface area contributed by atoms with Gasteiger partial charge in [0.1, 0.15) is 0 Å². The lowest BCUT2D eigenvalue weighted by atomic mass is 10.2. The monoisotopic (exact) mass is 272 g/mol. The molecule has 0 spiro atoms. The third-order valence-electron chi connectivity index (χ3n) is 1.96.